The van der Waals surface area contributed by atoms with Crippen LogP contribution in [0.4, 0.5) is 0 Å². The Morgan fingerprint density at radius 2 is 1.60 bits per heavy atom. The zero-order valence-corrected chi connectivity index (χ0v) is 9.47. The van der Waals surface area contributed by atoms with E-state index in [9.17, 15) is 9.59 Å². The fourth-order valence-electron chi connectivity index (χ4n) is 0.865. The average Bonchev–Trinajstić information content (AvgIpc) is 2.24. The second-order valence-electron chi connectivity index (χ2n) is 3.34. The monoisotopic (exact) mass is 210 g/mol. The van der Waals surface area contributed by atoms with E-state index in [2.05, 4.69) is 17.9 Å². The third-order valence-electron chi connectivity index (χ3n) is 2.02. The Labute approximate surface area is 90.8 Å². The molecule has 0 rings (SSSR count). The smallest absolute Gasteiger partial charge is 0.341 e. The molecule has 3 heteroatoms. The van der Waals surface area contributed by atoms with Crippen LogP contribution < -0.4 is 0 Å². The fourth-order valence-corrected chi connectivity index (χ4v) is 0.865. The molecule has 0 amide bonds. The van der Waals surface area contributed by atoms with E-state index in [0.29, 0.717) is 24.0 Å². The van der Waals surface area contributed by atoms with Crippen LogP contribution in [0.3, 0.4) is 0 Å². The summed E-state index contributed by atoms with van der Waals surface area (Å²) in [6, 6.07) is 0. The van der Waals surface area contributed by atoms with Gasteiger partial charge in [-0.15, -0.1) is 0 Å². The molecule has 0 fully saturated rings. The Bertz CT molecular complexity index is 277. The summed E-state index contributed by atoms with van der Waals surface area (Å²) < 4.78 is 4.58. The summed E-state index contributed by atoms with van der Waals surface area (Å²) in [7, 11) is 0. The number of ether oxygens (including phenoxy) is 1. The Kier molecular flexibility index (Phi) is 6.34. The van der Waals surface area contributed by atoms with E-state index in [1.165, 1.54) is 0 Å². The van der Waals surface area contributed by atoms with Crippen molar-refractivity contribution in [1.29, 1.82) is 0 Å². The molecular formula is C12H18O3. The molecule has 15 heavy (non-hydrogen) atoms. The molecule has 0 aliphatic carbocycles. The quantitative estimate of drug-likeness (QED) is 0.384. The minimum Gasteiger partial charge on any atom is -0.386 e. The molecule has 0 bridgehead atoms. The van der Waals surface area contributed by atoms with Gasteiger partial charge in [0.25, 0.3) is 0 Å². The molecule has 0 spiro atoms. The van der Waals surface area contributed by atoms with E-state index in [4.69, 9.17) is 0 Å². The second kappa shape index (κ2) is 6.98. The van der Waals surface area contributed by atoms with Gasteiger partial charge in [-0.2, -0.15) is 0 Å². The maximum absolute atomic E-state index is 11.3. The third-order valence-corrected chi connectivity index (χ3v) is 2.02. The number of carbonyl (C=O) groups is 2. The van der Waals surface area contributed by atoms with Crippen molar-refractivity contribution in [3.8, 4) is 0 Å². The van der Waals surface area contributed by atoms with Crippen molar-refractivity contribution >= 4 is 11.9 Å². The summed E-state index contributed by atoms with van der Waals surface area (Å²) in [6.07, 6.45) is 2.90. The van der Waals surface area contributed by atoms with Gasteiger partial charge in [0.15, 0.2) is 0 Å². The van der Waals surface area contributed by atoms with Gasteiger partial charge < -0.3 is 4.74 Å². The Morgan fingerprint density at radius 3 is 2.07 bits per heavy atom. The first-order chi connectivity index (χ1) is 7.02. The lowest BCUT2D eigenvalue weighted by atomic mass is 10.1. The average molecular weight is 210 g/mol. The highest BCUT2D eigenvalue weighted by Gasteiger charge is 2.14. The van der Waals surface area contributed by atoms with Crippen LogP contribution in [0.15, 0.2) is 24.3 Å². The van der Waals surface area contributed by atoms with Crippen molar-refractivity contribution in [3.05, 3.63) is 24.3 Å². The third kappa shape index (κ3) is 5.15. The van der Waals surface area contributed by atoms with Gasteiger partial charge in [0.05, 0.1) is 0 Å². The molecule has 0 aliphatic rings. The Balaban J connectivity index is 4.08. The first-order valence-electron chi connectivity index (χ1n) is 5.14. The lowest BCUT2D eigenvalue weighted by molar-refractivity contribution is -0.154. The number of carbonyl (C=O) groups excluding carboxylic acids is 2. The molecule has 0 aromatic carbocycles. The van der Waals surface area contributed by atoms with Crippen LogP contribution in [-0.4, -0.2) is 11.9 Å². The van der Waals surface area contributed by atoms with Crippen molar-refractivity contribution < 1.29 is 14.3 Å². The van der Waals surface area contributed by atoms with E-state index in [0.717, 1.165) is 12.8 Å². The second-order valence-corrected chi connectivity index (χ2v) is 3.34. The topological polar surface area (TPSA) is 43.4 Å². The normalized spacial score (nSPS) is 9.47. The molecular weight excluding hydrogens is 192 g/mol. The molecule has 0 aliphatic heterocycles. The zero-order valence-electron chi connectivity index (χ0n) is 9.47. The largest absolute Gasteiger partial charge is 0.386 e. The first-order valence-corrected chi connectivity index (χ1v) is 5.14. The number of hydrogen-bond donors (Lipinski definition) is 0. The van der Waals surface area contributed by atoms with E-state index in [1.807, 2.05) is 6.92 Å². The SMILES string of the molecule is C=C(CC)C(=O)OC(=O)C(=C)CCCC. The number of esters is 2. The maximum Gasteiger partial charge on any atom is 0.341 e. The van der Waals surface area contributed by atoms with Crippen LogP contribution in [0, 0.1) is 0 Å². The maximum atomic E-state index is 11.3. The summed E-state index contributed by atoms with van der Waals surface area (Å²) in [5, 5.41) is 0. The highest BCUT2D eigenvalue weighted by molar-refractivity contribution is 6.01. The molecule has 0 unspecified atom stereocenters. The summed E-state index contributed by atoms with van der Waals surface area (Å²) in [4.78, 5) is 22.5. The standard InChI is InChI=1S/C12H18O3/c1-5-7-8-10(4)12(14)15-11(13)9(3)6-2/h3-8H2,1-2H3. The first kappa shape index (κ1) is 13.6. The molecule has 3 nitrogen and oxygen atoms in total. The Morgan fingerprint density at radius 1 is 1.07 bits per heavy atom. The van der Waals surface area contributed by atoms with Crippen molar-refractivity contribution in [1.82, 2.24) is 0 Å². The van der Waals surface area contributed by atoms with Crippen LogP contribution in [-0.2, 0) is 14.3 Å². The van der Waals surface area contributed by atoms with Crippen LogP contribution >= 0.6 is 0 Å². The molecule has 0 N–H and O–H groups in total. The molecule has 0 saturated carbocycles. The summed E-state index contributed by atoms with van der Waals surface area (Å²) in [5.41, 5.74) is 0.640. The minimum atomic E-state index is -0.653. The van der Waals surface area contributed by atoms with Gasteiger partial charge in [-0.3, -0.25) is 0 Å². The lowest BCUT2D eigenvalue weighted by Crippen LogP contribution is -2.15. The van der Waals surface area contributed by atoms with Gasteiger partial charge in [-0.25, -0.2) is 9.59 Å². The molecule has 0 heterocycles. The summed E-state index contributed by atoms with van der Waals surface area (Å²) in [6.45, 7) is 10.9. The minimum absolute atomic E-state index is 0.298. The highest BCUT2D eigenvalue weighted by atomic mass is 16.6. The van der Waals surface area contributed by atoms with Crippen molar-refractivity contribution in [2.75, 3.05) is 0 Å². The van der Waals surface area contributed by atoms with Crippen LogP contribution in [0.5, 0.6) is 0 Å². The molecule has 84 valence electrons. The number of hydrogen-bond acceptors (Lipinski definition) is 3. The molecule has 0 radical (unpaired) electrons. The van der Waals surface area contributed by atoms with E-state index < -0.39 is 11.9 Å². The molecule has 0 aromatic rings. The molecule has 0 saturated heterocycles. The van der Waals surface area contributed by atoms with E-state index in [-0.39, 0.29) is 0 Å². The van der Waals surface area contributed by atoms with Gasteiger partial charge in [0.1, 0.15) is 0 Å². The lowest BCUT2D eigenvalue weighted by Gasteiger charge is -2.05. The van der Waals surface area contributed by atoms with Crippen LogP contribution in [0.1, 0.15) is 39.5 Å². The highest BCUT2D eigenvalue weighted by Crippen LogP contribution is 2.08. The van der Waals surface area contributed by atoms with Crippen LogP contribution in [0.2, 0.25) is 0 Å². The number of unbranched alkanes of at least 4 members (excludes halogenated alkanes) is 1. The zero-order chi connectivity index (χ0) is 11.8. The van der Waals surface area contributed by atoms with Gasteiger partial charge in [-0.05, 0) is 19.3 Å². The summed E-state index contributed by atoms with van der Waals surface area (Å²) >= 11 is 0. The van der Waals surface area contributed by atoms with Crippen LogP contribution in [0.25, 0.3) is 0 Å². The number of rotatable bonds is 6. The molecule has 0 aromatic heterocycles. The van der Waals surface area contributed by atoms with Gasteiger partial charge in [-0.1, -0.05) is 33.4 Å². The van der Waals surface area contributed by atoms with Gasteiger partial charge in [0.2, 0.25) is 0 Å². The van der Waals surface area contributed by atoms with Crippen molar-refractivity contribution in [3.63, 3.8) is 0 Å². The Hall–Kier alpha value is -1.38. The summed E-state index contributed by atoms with van der Waals surface area (Å²) in [5.74, 6) is -1.29. The molecule has 0 atom stereocenters. The van der Waals surface area contributed by atoms with Gasteiger partial charge >= 0.3 is 11.9 Å². The predicted octanol–water partition coefficient (Wildman–Crippen LogP) is 2.77. The van der Waals surface area contributed by atoms with Crippen molar-refractivity contribution in [2.24, 2.45) is 0 Å². The predicted molar refractivity (Wildman–Crippen MR) is 59.2 cm³/mol. The van der Waals surface area contributed by atoms with Crippen molar-refractivity contribution in [2.45, 2.75) is 39.5 Å². The van der Waals surface area contributed by atoms with E-state index >= 15 is 0 Å². The fraction of sp³-hybridized carbons (Fsp3) is 0.500. The van der Waals surface area contributed by atoms with E-state index in [1.54, 1.807) is 6.92 Å². The van der Waals surface area contributed by atoms with Gasteiger partial charge in [0, 0.05) is 11.1 Å².